The quantitative estimate of drug-likeness (QED) is 0.836. The molecule has 1 heterocycles. The maximum atomic E-state index is 12.6. The predicted molar refractivity (Wildman–Crippen MR) is 83.6 cm³/mol. The molecule has 2 aromatic carbocycles. The van der Waals surface area contributed by atoms with Gasteiger partial charge in [-0.05, 0) is 23.6 Å². The van der Waals surface area contributed by atoms with E-state index in [0.717, 1.165) is 24.1 Å². The van der Waals surface area contributed by atoms with Gasteiger partial charge in [-0.25, -0.2) is 0 Å². The number of halogens is 1. The monoisotopic (exact) mass is 303 g/mol. The lowest BCUT2D eigenvalue weighted by molar-refractivity contribution is 0.0727. The van der Waals surface area contributed by atoms with Gasteiger partial charge in [0.05, 0.1) is 10.6 Å². The number of nitrogens with zero attached hydrogens (tertiary/aromatic N) is 1. The highest BCUT2D eigenvalue weighted by molar-refractivity contribution is 7.80. The Labute approximate surface area is 128 Å². The van der Waals surface area contributed by atoms with E-state index in [1.54, 1.807) is 0 Å². The molecular formula is C16H14ClNOS. The van der Waals surface area contributed by atoms with Crippen LogP contribution in [0.15, 0.2) is 47.4 Å². The van der Waals surface area contributed by atoms with Crippen LogP contribution in [0.2, 0.25) is 5.02 Å². The van der Waals surface area contributed by atoms with Crippen LogP contribution in [-0.4, -0.2) is 17.4 Å². The maximum Gasteiger partial charge on any atom is 0.256 e. The molecule has 0 bridgehead atoms. The van der Waals surface area contributed by atoms with Crippen molar-refractivity contribution >= 4 is 30.1 Å². The molecule has 0 saturated heterocycles. The standard InChI is InChI=1S/C16H14ClNOS/c17-15-13(20)7-6-12-8-9-18(16(19)14(12)15)10-11-4-2-1-3-5-11/h1-7,20H,8-10H2. The summed E-state index contributed by atoms with van der Waals surface area (Å²) >= 11 is 10.5. The minimum atomic E-state index is -0.00370. The van der Waals surface area contributed by atoms with Crippen LogP contribution < -0.4 is 0 Å². The van der Waals surface area contributed by atoms with Crippen molar-refractivity contribution in [3.63, 3.8) is 0 Å². The van der Waals surface area contributed by atoms with Gasteiger partial charge >= 0.3 is 0 Å². The molecule has 0 saturated carbocycles. The second kappa shape index (κ2) is 5.51. The molecule has 2 aromatic rings. The average Bonchev–Trinajstić information content (AvgIpc) is 2.47. The number of fused-ring (bicyclic) bond motifs is 1. The molecule has 0 fully saturated rings. The molecule has 0 aromatic heterocycles. The second-order valence-electron chi connectivity index (χ2n) is 4.90. The Morgan fingerprint density at radius 3 is 2.65 bits per heavy atom. The highest BCUT2D eigenvalue weighted by atomic mass is 35.5. The van der Waals surface area contributed by atoms with Crippen LogP contribution in [0.4, 0.5) is 0 Å². The first-order chi connectivity index (χ1) is 9.66. The first-order valence-electron chi connectivity index (χ1n) is 6.50. The van der Waals surface area contributed by atoms with Crippen molar-refractivity contribution in [3.05, 3.63) is 64.2 Å². The molecular weight excluding hydrogens is 290 g/mol. The summed E-state index contributed by atoms with van der Waals surface area (Å²) in [5, 5.41) is 0.466. The first-order valence-corrected chi connectivity index (χ1v) is 7.33. The lowest BCUT2D eigenvalue weighted by Crippen LogP contribution is -2.37. The molecule has 0 radical (unpaired) electrons. The molecule has 0 N–H and O–H groups in total. The Morgan fingerprint density at radius 2 is 1.90 bits per heavy atom. The van der Waals surface area contributed by atoms with E-state index in [1.165, 1.54) is 0 Å². The topological polar surface area (TPSA) is 20.3 Å². The van der Waals surface area contributed by atoms with Crippen molar-refractivity contribution in [2.24, 2.45) is 0 Å². The summed E-state index contributed by atoms with van der Waals surface area (Å²) in [5.41, 5.74) is 2.76. The number of carbonyl (C=O) groups is 1. The Kier molecular flexibility index (Phi) is 3.72. The zero-order valence-electron chi connectivity index (χ0n) is 10.8. The molecule has 20 heavy (non-hydrogen) atoms. The summed E-state index contributed by atoms with van der Waals surface area (Å²) in [4.78, 5) is 15.1. The van der Waals surface area contributed by atoms with E-state index in [0.29, 0.717) is 22.0 Å². The number of hydrogen-bond acceptors (Lipinski definition) is 2. The zero-order valence-corrected chi connectivity index (χ0v) is 12.5. The Morgan fingerprint density at radius 1 is 1.15 bits per heavy atom. The van der Waals surface area contributed by atoms with E-state index in [4.69, 9.17) is 11.6 Å². The van der Waals surface area contributed by atoms with Gasteiger partial charge in [-0.1, -0.05) is 48.0 Å². The van der Waals surface area contributed by atoms with Gasteiger partial charge in [-0.2, -0.15) is 0 Å². The normalized spacial score (nSPS) is 14.3. The molecule has 0 aliphatic carbocycles. The number of rotatable bonds is 2. The van der Waals surface area contributed by atoms with Gasteiger partial charge in [0.25, 0.3) is 5.91 Å². The maximum absolute atomic E-state index is 12.6. The van der Waals surface area contributed by atoms with Crippen molar-refractivity contribution < 1.29 is 4.79 Å². The molecule has 4 heteroatoms. The van der Waals surface area contributed by atoms with Crippen molar-refractivity contribution in [3.8, 4) is 0 Å². The molecule has 3 rings (SSSR count). The summed E-state index contributed by atoms with van der Waals surface area (Å²) in [6.07, 6.45) is 0.835. The molecule has 0 unspecified atom stereocenters. The van der Waals surface area contributed by atoms with Gasteiger partial charge in [0, 0.05) is 18.0 Å². The minimum Gasteiger partial charge on any atom is -0.334 e. The summed E-state index contributed by atoms with van der Waals surface area (Å²) in [6, 6.07) is 13.8. The van der Waals surface area contributed by atoms with E-state index in [9.17, 15) is 4.79 Å². The van der Waals surface area contributed by atoms with Gasteiger partial charge in [-0.3, -0.25) is 4.79 Å². The van der Waals surface area contributed by atoms with Crippen molar-refractivity contribution in [1.29, 1.82) is 0 Å². The van der Waals surface area contributed by atoms with Crippen LogP contribution in [0.5, 0.6) is 0 Å². The smallest absolute Gasteiger partial charge is 0.256 e. The number of carbonyl (C=O) groups excluding carboxylic acids is 1. The summed E-state index contributed by atoms with van der Waals surface area (Å²) < 4.78 is 0. The SMILES string of the molecule is O=C1c2c(ccc(S)c2Cl)CCN1Cc1ccccc1. The lowest BCUT2D eigenvalue weighted by atomic mass is 9.98. The number of hydrogen-bond donors (Lipinski definition) is 1. The minimum absolute atomic E-state index is 0.00370. The van der Waals surface area contributed by atoms with Crippen LogP contribution >= 0.6 is 24.2 Å². The predicted octanol–water partition coefficient (Wildman–Crippen LogP) is 3.83. The lowest BCUT2D eigenvalue weighted by Gasteiger charge is -2.29. The molecule has 1 aliphatic heterocycles. The van der Waals surface area contributed by atoms with Gasteiger partial charge in [0.15, 0.2) is 0 Å². The second-order valence-corrected chi connectivity index (χ2v) is 5.75. The van der Waals surface area contributed by atoms with Crippen LogP contribution in [0, 0.1) is 0 Å². The number of thiol groups is 1. The van der Waals surface area contributed by atoms with Crippen molar-refractivity contribution in [2.75, 3.05) is 6.54 Å². The number of amides is 1. The first kappa shape index (κ1) is 13.5. The van der Waals surface area contributed by atoms with E-state index in [1.807, 2.05) is 47.4 Å². The molecule has 0 atom stereocenters. The third-order valence-electron chi connectivity index (χ3n) is 3.58. The van der Waals surface area contributed by atoms with Crippen LogP contribution in [0.1, 0.15) is 21.5 Å². The van der Waals surface area contributed by atoms with Crippen LogP contribution in [-0.2, 0) is 13.0 Å². The van der Waals surface area contributed by atoms with Gasteiger partial charge in [0.2, 0.25) is 0 Å². The highest BCUT2D eigenvalue weighted by Gasteiger charge is 2.27. The Balaban J connectivity index is 1.91. The van der Waals surface area contributed by atoms with Gasteiger partial charge in [0.1, 0.15) is 0 Å². The van der Waals surface area contributed by atoms with Crippen LogP contribution in [0.3, 0.4) is 0 Å². The molecule has 102 valence electrons. The molecule has 1 aliphatic rings. The third-order valence-corrected chi connectivity index (χ3v) is 4.47. The van der Waals surface area contributed by atoms with E-state index < -0.39 is 0 Å². The summed E-state index contributed by atoms with van der Waals surface area (Å²) in [6.45, 7) is 1.34. The van der Waals surface area contributed by atoms with Crippen molar-refractivity contribution in [1.82, 2.24) is 4.90 Å². The fourth-order valence-corrected chi connectivity index (χ4v) is 2.97. The van der Waals surface area contributed by atoms with E-state index in [2.05, 4.69) is 12.6 Å². The Bertz CT molecular complexity index is 657. The Hall–Kier alpha value is -1.45. The van der Waals surface area contributed by atoms with Gasteiger partial charge in [-0.15, -0.1) is 12.6 Å². The largest absolute Gasteiger partial charge is 0.334 e. The number of benzene rings is 2. The van der Waals surface area contributed by atoms with Crippen LogP contribution in [0.25, 0.3) is 0 Å². The highest BCUT2D eigenvalue weighted by Crippen LogP contribution is 2.31. The van der Waals surface area contributed by atoms with E-state index >= 15 is 0 Å². The molecule has 0 spiro atoms. The van der Waals surface area contributed by atoms with E-state index in [-0.39, 0.29) is 5.91 Å². The fourth-order valence-electron chi connectivity index (χ4n) is 2.51. The average molecular weight is 304 g/mol. The summed E-state index contributed by atoms with van der Waals surface area (Å²) in [7, 11) is 0. The fraction of sp³-hybridized carbons (Fsp3) is 0.188. The third kappa shape index (κ3) is 2.43. The summed E-state index contributed by atoms with van der Waals surface area (Å²) in [5.74, 6) is -0.00370. The van der Waals surface area contributed by atoms with Gasteiger partial charge < -0.3 is 4.90 Å². The molecule has 2 nitrogen and oxygen atoms in total. The molecule has 1 amide bonds. The van der Waals surface area contributed by atoms with Crippen molar-refractivity contribution in [2.45, 2.75) is 17.9 Å². The zero-order chi connectivity index (χ0) is 14.1.